The third-order valence-corrected chi connectivity index (χ3v) is 6.12. The molecule has 1 N–H and O–H groups in total. The lowest BCUT2D eigenvalue weighted by Gasteiger charge is -2.28. The summed E-state index contributed by atoms with van der Waals surface area (Å²) in [6.45, 7) is 0.0671. The van der Waals surface area contributed by atoms with Gasteiger partial charge in [0, 0.05) is 16.8 Å². The summed E-state index contributed by atoms with van der Waals surface area (Å²) in [4.78, 5) is 14.6. The monoisotopic (exact) mass is 392 g/mol. The van der Waals surface area contributed by atoms with Gasteiger partial charge < -0.3 is 10.2 Å². The summed E-state index contributed by atoms with van der Waals surface area (Å²) in [6.07, 6.45) is 1.58. The second-order valence-corrected chi connectivity index (χ2v) is 8.67. The SMILES string of the molecule is O=C(CNc1ccc2ccccc2c1)N(c1ccccc1)C1C=CS(=O)(=O)C1. The highest BCUT2D eigenvalue weighted by molar-refractivity contribution is 7.94. The van der Waals surface area contributed by atoms with E-state index in [0.717, 1.165) is 16.5 Å². The van der Waals surface area contributed by atoms with Crippen LogP contribution in [0.4, 0.5) is 11.4 Å². The van der Waals surface area contributed by atoms with Gasteiger partial charge in [-0.05, 0) is 41.1 Å². The normalized spacial score (nSPS) is 17.5. The summed E-state index contributed by atoms with van der Waals surface area (Å²) in [5, 5.41) is 6.58. The molecule has 0 spiro atoms. The summed E-state index contributed by atoms with van der Waals surface area (Å²) < 4.78 is 23.7. The molecule has 1 unspecified atom stereocenters. The van der Waals surface area contributed by atoms with E-state index in [2.05, 4.69) is 5.32 Å². The summed E-state index contributed by atoms with van der Waals surface area (Å²) in [6, 6.07) is 22.6. The van der Waals surface area contributed by atoms with Crippen LogP contribution >= 0.6 is 0 Å². The molecule has 1 aliphatic heterocycles. The van der Waals surface area contributed by atoms with E-state index < -0.39 is 15.9 Å². The Morgan fingerprint density at radius 3 is 2.39 bits per heavy atom. The molecule has 4 rings (SSSR count). The number of carbonyl (C=O) groups is 1. The summed E-state index contributed by atoms with van der Waals surface area (Å²) in [5.74, 6) is -0.282. The zero-order valence-corrected chi connectivity index (χ0v) is 16.0. The number of hydrogen-bond donors (Lipinski definition) is 1. The Kier molecular flexibility index (Phi) is 4.88. The van der Waals surface area contributed by atoms with E-state index >= 15 is 0 Å². The third-order valence-electron chi connectivity index (χ3n) is 4.74. The number of hydrogen-bond acceptors (Lipinski definition) is 4. The number of sulfone groups is 1. The van der Waals surface area contributed by atoms with E-state index in [1.165, 1.54) is 5.41 Å². The molecule has 142 valence electrons. The van der Waals surface area contributed by atoms with Gasteiger partial charge in [-0.25, -0.2) is 8.42 Å². The lowest BCUT2D eigenvalue weighted by atomic mass is 10.1. The molecule has 0 saturated heterocycles. The average molecular weight is 392 g/mol. The van der Waals surface area contributed by atoms with Crippen LogP contribution < -0.4 is 10.2 Å². The van der Waals surface area contributed by atoms with E-state index in [9.17, 15) is 13.2 Å². The average Bonchev–Trinajstić information content (AvgIpc) is 3.06. The smallest absolute Gasteiger partial charge is 0.246 e. The topological polar surface area (TPSA) is 66.5 Å². The standard InChI is InChI=1S/C22H20N2O3S/c25-22(15-23-19-11-10-17-6-4-5-7-18(17)14-19)24(20-8-2-1-3-9-20)21-12-13-28(26,27)16-21/h1-14,21,23H,15-16H2. The zero-order chi connectivity index (χ0) is 19.6. The molecule has 28 heavy (non-hydrogen) atoms. The van der Waals surface area contributed by atoms with Crippen LogP contribution in [0.25, 0.3) is 10.8 Å². The van der Waals surface area contributed by atoms with E-state index in [0.29, 0.717) is 5.69 Å². The van der Waals surface area contributed by atoms with Gasteiger partial charge in [-0.3, -0.25) is 4.79 Å². The number of para-hydroxylation sites is 1. The van der Waals surface area contributed by atoms with E-state index in [1.54, 1.807) is 11.0 Å². The number of carbonyl (C=O) groups excluding carboxylic acids is 1. The molecule has 1 heterocycles. The van der Waals surface area contributed by atoms with Crippen molar-refractivity contribution in [2.45, 2.75) is 6.04 Å². The Bertz CT molecular complexity index is 1140. The molecule has 1 aliphatic rings. The maximum Gasteiger partial charge on any atom is 0.246 e. The van der Waals surface area contributed by atoms with E-state index in [-0.39, 0.29) is 18.2 Å². The van der Waals surface area contributed by atoms with Crippen molar-refractivity contribution in [3.05, 3.63) is 84.3 Å². The zero-order valence-electron chi connectivity index (χ0n) is 15.2. The Labute approximate surface area is 164 Å². The van der Waals surface area contributed by atoms with Crippen molar-refractivity contribution in [2.75, 3.05) is 22.5 Å². The molecule has 0 aromatic heterocycles. The largest absolute Gasteiger partial charge is 0.376 e. The molecule has 0 aliphatic carbocycles. The second kappa shape index (κ2) is 7.48. The van der Waals surface area contributed by atoms with Crippen LogP contribution in [-0.2, 0) is 14.6 Å². The van der Waals surface area contributed by atoms with Crippen LogP contribution in [0, 0.1) is 0 Å². The minimum Gasteiger partial charge on any atom is -0.376 e. The Balaban J connectivity index is 1.54. The Morgan fingerprint density at radius 1 is 0.964 bits per heavy atom. The first-order valence-electron chi connectivity index (χ1n) is 9.03. The first-order valence-corrected chi connectivity index (χ1v) is 10.7. The Morgan fingerprint density at radius 2 is 1.68 bits per heavy atom. The van der Waals surface area contributed by atoms with Gasteiger partial charge in [0.2, 0.25) is 5.91 Å². The minimum atomic E-state index is -3.27. The van der Waals surface area contributed by atoms with Gasteiger partial charge in [-0.1, -0.05) is 48.5 Å². The van der Waals surface area contributed by atoms with Crippen LogP contribution in [0.5, 0.6) is 0 Å². The number of anilines is 2. The Hall–Kier alpha value is -3.12. The van der Waals surface area contributed by atoms with Crippen LogP contribution in [-0.4, -0.2) is 32.7 Å². The number of fused-ring (bicyclic) bond motifs is 1. The molecule has 0 saturated carbocycles. The van der Waals surface area contributed by atoms with Crippen molar-refractivity contribution >= 4 is 37.9 Å². The number of benzene rings is 3. The fraction of sp³-hybridized carbons (Fsp3) is 0.136. The molecular formula is C22H20N2O3S. The molecule has 1 atom stereocenters. The highest BCUT2D eigenvalue weighted by atomic mass is 32.2. The highest BCUT2D eigenvalue weighted by Gasteiger charge is 2.31. The molecule has 3 aromatic rings. The first kappa shape index (κ1) is 18.3. The predicted octanol–water partition coefficient (Wildman–Crippen LogP) is 3.60. The predicted molar refractivity (Wildman–Crippen MR) is 113 cm³/mol. The van der Waals surface area contributed by atoms with Crippen molar-refractivity contribution in [3.63, 3.8) is 0 Å². The third kappa shape index (κ3) is 3.92. The molecule has 5 nitrogen and oxygen atoms in total. The first-order chi connectivity index (χ1) is 13.5. The lowest BCUT2D eigenvalue weighted by molar-refractivity contribution is -0.117. The molecule has 1 amide bonds. The van der Waals surface area contributed by atoms with Crippen molar-refractivity contribution in [1.29, 1.82) is 0 Å². The van der Waals surface area contributed by atoms with Gasteiger partial charge in [0.15, 0.2) is 9.84 Å². The summed E-state index contributed by atoms with van der Waals surface area (Å²) in [5.41, 5.74) is 1.52. The van der Waals surface area contributed by atoms with E-state index in [4.69, 9.17) is 0 Å². The molecule has 6 heteroatoms. The van der Waals surface area contributed by atoms with Gasteiger partial charge in [0.25, 0.3) is 0 Å². The molecule has 0 fully saturated rings. The fourth-order valence-corrected chi connectivity index (χ4v) is 4.66. The van der Waals surface area contributed by atoms with Crippen molar-refractivity contribution in [2.24, 2.45) is 0 Å². The van der Waals surface area contributed by atoms with Gasteiger partial charge in [0.05, 0.1) is 18.3 Å². The van der Waals surface area contributed by atoms with Gasteiger partial charge in [-0.15, -0.1) is 0 Å². The van der Waals surface area contributed by atoms with Gasteiger partial charge in [0.1, 0.15) is 0 Å². The van der Waals surface area contributed by atoms with Crippen molar-refractivity contribution in [1.82, 2.24) is 0 Å². The van der Waals surface area contributed by atoms with Crippen LogP contribution in [0.1, 0.15) is 0 Å². The van der Waals surface area contributed by atoms with Crippen molar-refractivity contribution < 1.29 is 13.2 Å². The highest BCUT2D eigenvalue weighted by Crippen LogP contribution is 2.23. The van der Waals surface area contributed by atoms with E-state index in [1.807, 2.05) is 72.8 Å². The molecule has 0 bridgehead atoms. The maximum atomic E-state index is 13.0. The molecule has 3 aromatic carbocycles. The summed E-state index contributed by atoms with van der Waals surface area (Å²) >= 11 is 0. The van der Waals surface area contributed by atoms with Crippen LogP contribution in [0.15, 0.2) is 84.3 Å². The molecular weight excluding hydrogens is 372 g/mol. The lowest BCUT2D eigenvalue weighted by Crippen LogP contribution is -2.44. The molecule has 0 radical (unpaired) electrons. The number of amides is 1. The number of nitrogens with zero attached hydrogens (tertiary/aromatic N) is 1. The number of nitrogens with one attached hydrogen (secondary N) is 1. The van der Waals surface area contributed by atoms with Gasteiger partial charge >= 0.3 is 0 Å². The van der Waals surface area contributed by atoms with Crippen LogP contribution in [0.3, 0.4) is 0 Å². The quantitative estimate of drug-likeness (QED) is 0.721. The van der Waals surface area contributed by atoms with Crippen molar-refractivity contribution in [3.8, 4) is 0 Å². The fourth-order valence-electron chi connectivity index (χ4n) is 3.39. The minimum absolute atomic E-state index is 0.0671. The number of rotatable bonds is 5. The maximum absolute atomic E-state index is 13.0. The summed E-state index contributed by atoms with van der Waals surface area (Å²) in [7, 11) is -3.27. The van der Waals surface area contributed by atoms with Gasteiger partial charge in [-0.2, -0.15) is 0 Å². The van der Waals surface area contributed by atoms with Crippen LogP contribution in [0.2, 0.25) is 0 Å². The second-order valence-electron chi connectivity index (χ2n) is 6.74.